The maximum absolute atomic E-state index is 10.6. The van der Waals surface area contributed by atoms with E-state index in [2.05, 4.69) is 22.5 Å². The van der Waals surface area contributed by atoms with Crippen molar-refractivity contribution in [2.24, 2.45) is 0 Å². The molecule has 0 aliphatic rings. The summed E-state index contributed by atoms with van der Waals surface area (Å²) in [4.78, 5) is 10.6. The van der Waals surface area contributed by atoms with Crippen LogP contribution in [0.1, 0.15) is 18.6 Å². The fourth-order valence-corrected chi connectivity index (χ4v) is 1.66. The van der Waals surface area contributed by atoms with Crippen molar-refractivity contribution in [3.63, 3.8) is 0 Å². The second kappa shape index (κ2) is 5.84. The molecule has 0 amide bonds. The third-order valence-corrected chi connectivity index (χ3v) is 2.60. The summed E-state index contributed by atoms with van der Waals surface area (Å²) < 4.78 is 6.01. The van der Waals surface area contributed by atoms with Crippen LogP contribution in [0.2, 0.25) is 0 Å². The molecule has 0 aliphatic carbocycles. The molecule has 0 heterocycles. The number of aliphatic hydroxyl groups is 1. The van der Waals surface area contributed by atoms with Gasteiger partial charge in [-0.3, -0.25) is 0 Å². The van der Waals surface area contributed by atoms with E-state index in [1.165, 1.54) is 12.1 Å². The van der Waals surface area contributed by atoms with E-state index in [0.717, 1.165) is 5.57 Å². The number of benzene rings is 1. The van der Waals surface area contributed by atoms with Gasteiger partial charge in [-0.2, -0.15) is 0 Å². The van der Waals surface area contributed by atoms with Gasteiger partial charge in [-0.15, -0.1) is 0 Å². The van der Waals surface area contributed by atoms with Crippen molar-refractivity contribution < 1.29 is 19.7 Å². The number of ether oxygens (including phenoxy) is 1. The Labute approximate surface area is 108 Å². The lowest BCUT2D eigenvalue weighted by Gasteiger charge is -2.11. The summed E-state index contributed by atoms with van der Waals surface area (Å²) in [7, 11) is 0. The van der Waals surface area contributed by atoms with Gasteiger partial charge in [0, 0.05) is 0 Å². The molecule has 2 N–H and O–H groups in total. The van der Waals surface area contributed by atoms with Crippen molar-refractivity contribution >= 4 is 21.9 Å². The molecule has 1 aromatic carbocycles. The van der Waals surface area contributed by atoms with Crippen molar-refractivity contribution in [3.05, 3.63) is 40.4 Å². The van der Waals surface area contributed by atoms with Crippen molar-refractivity contribution in [1.82, 2.24) is 0 Å². The quantitative estimate of drug-likeness (QED) is 0.820. The van der Waals surface area contributed by atoms with Crippen LogP contribution in [-0.2, 0) is 4.79 Å². The molecule has 17 heavy (non-hydrogen) atoms. The molecule has 0 aromatic heterocycles. The Balaban J connectivity index is 2.86. The standard InChI is InChI=1S/C12H13BrO4/c1-7(2)6-17-10-4-3-8(5-9(10)13)11(14)12(15)16/h3-5,11,14H,1,6H2,2H3,(H,15,16). The second-order valence-electron chi connectivity index (χ2n) is 3.68. The average molecular weight is 301 g/mol. The molecule has 92 valence electrons. The topological polar surface area (TPSA) is 66.8 Å². The maximum Gasteiger partial charge on any atom is 0.337 e. The predicted octanol–water partition coefficient (Wildman–Crippen LogP) is 2.52. The smallest absolute Gasteiger partial charge is 0.337 e. The minimum absolute atomic E-state index is 0.298. The number of carbonyl (C=O) groups is 1. The molecule has 0 aliphatic heterocycles. The lowest BCUT2D eigenvalue weighted by Crippen LogP contribution is -2.10. The molecule has 0 saturated heterocycles. The van der Waals surface area contributed by atoms with Crippen molar-refractivity contribution in [2.45, 2.75) is 13.0 Å². The Morgan fingerprint density at radius 1 is 1.59 bits per heavy atom. The summed E-state index contributed by atoms with van der Waals surface area (Å²) in [6, 6.07) is 4.64. The molecule has 1 aromatic rings. The highest BCUT2D eigenvalue weighted by molar-refractivity contribution is 9.10. The largest absolute Gasteiger partial charge is 0.488 e. The summed E-state index contributed by atoms with van der Waals surface area (Å²) in [6.45, 7) is 5.94. The number of hydrogen-bond donors (Lipinski definition) is 2. The second-order valence-corrected chi connectivity index (χ2v) is 4.53. The fraction of sp³-hybridized carbons (Fsp3) is 0.250. The van der Waals surface area contributed by atoms with Crippen LogP contribution in [0.3, 0.4) is 0 Å². The van der Waals surface area contributed by atoms with E-state index in [0.29, 0.717) is 22.4 Å². The van der Waals surface area contributed by atoms with E-state index in [1.54, 1.807) is 6.07 Å². The zero-order valence-corrected chi connectivity index (χ0v) is 10.9. The van der Waals surface area contributed by atoms with Crippen molar-refractivity contribution in [2.75, 3.05) is 6.61 Å². The van der Waals surface area contributed by atoms with E-state index in [9.17, 15) is 9.90 Å². The third kappa shape index (κ3) is 3.87. The number of rotatable bonds is 5. The van der Waals surface area contributed by atoms with Crippen LogP contribution < -0.4 is 4.74 Å². The van der Waals surface area contributed by atoms with Crippen molar-refractivity contribution in [1.29, 1.82) is 0 Å². The van der Waals surface area contributed by atoms with E-state index in [4.69, 9.17) is 9.84 Å². The lowest BCUT2D eigenvalue weighted by atomic mass is 10.1. The summed E-state index contributed by atoms with van der Waals surface area (Å²) >= 11 is 3.26. The Hall–Kier alpha value is -1.33. The van der Waals surface area contributed by atoms with E-state index in [-0.39, 0.29) is 0 Å². The molecule has 1 atom stereocenters. The Morgan fingerprint density at radius 2 is 2.24 bits per heavy atom. The summed E-state index contributed by atoms with van der Waals surface area (Å²) in [6.07, 6.45) is -1.53. The van der Waals surface area contributed by atoms with E-state index < -0.39 is 12.1 Å². The highest BCUT2D eigenvalue weighted by atomic mass is 79.9. The molecule has 0 saturated carbocycles. The zero-order valence-electron chi connectivity index (χ0n) is 9.31. The van der Waals surface area contributed by atoms with E-state index in [1.807, 2.05) is 6.92 Å². The molecule has 1 rings (SSSR count). The number of aliphatic hydroxyl groups excluding tert-OH is 1. The monoisotopic (exact) mass is 300 g/mol. The number of halogens is 1. The summed E-state index contributed by atoms with van der Waals surface area (Å²) in [5, 5.41) is 18.0. The van der Waals surface area contributed by atoms with Crippen LogP contribution in [0, 0.1) is 0 Å². The number of carboxylic acids is 1. The first kappa shape index (κ1) is 13.7. The highest BCUT2D eigenvalue weighted by Gasteiger charge is 2.17. The van der Waals surface area contributed by atoms with Crippen LogP contribution in [-0.4, -0.2) is 22.8 Å². The molecule has 0 spiro atoms. The lowest BCUT2D eigenvalue weighted by molar-refractivity contribution is -0.146. The molecule has 5 heteroatoms. The van der Waals surface area contributed by atoms with Crippen LogP contribution in [0.5, 0.6) is 5.75 Å². The third-order valence-electron chi connectivity index (χ3n) is 1.98. The van der Waals surface area contributed by atoms with Gasteiger partial charge in [0.1, 0.15) is 12.4 Å². The summed E-state index contributed by atoms with van der Waals surface area (Å²) in [5.74, 6) is -0.707. The molecule has 1 unspecified atom stereocenters. The number of carboxylic acid groups (broad SMARTS) is 1. The Bertz CT molecular complexity index is 442. The van der Waals surface area contributed by atoms with Crippen molar-refractivity contribution in [3.8, 4) is 5.75 Å². The van der Waals surface area contributed by atoms with Gasteiger partial charge in [0.2, 0.25) is 0 Å². The predicted molar refractivity (Wildman–Crippen MR) is 67.0 cm³/mol. The van der Waals surface area contributed by atoms with E-state index >= 15 is 0 Å². The normalized spacial score (nSPS) is 11.9. The molecule has 4 nitrogen and oxygen atoms in total. The first-order valence-electron chi connectivity index (χ1n) is 4.89. The van der Waals surface area contributed by atoms with Crippen LogP contribution in [0.25, 0.3) is 0 Å². The van der Waals surface area contributed by atoms with Gasteiger partial charge in [0.15, 0.2) is 6.10 Å². The molecular formula is C12H13BrO4. The van der Waals surface area contributed by atoms with Crippen LogP contribution in [0.4, 0.5) is 0 Å². The van der Waals surface area contributed by atoms with Crippen LogP contribution >= 0.6 is 15.9 Å². The minimum Gasteiger partial charge on any atom is -0.488 e. The molecular weight excluding hydrogens is 288 g/mol. The first-order chi connectivity index (χ1) is 7.91. The maximum atomic E-state index is 10.6. The molecule has 0 radical (unpaired) electrons. The molecule has 0 fully saturated rings. The minimum atomic E-state index is -1.53. The zero-order chi connectivity index (χ0) is 13.0. The number of aliphatic carboxylic acids is 1. The van der Waals surface area contributed by atoms with Gasteiger partial charge >= 0.3 is 5.97 Å². The number of hydrogen-bond acceptors (Lipinski definition) is 3. The van der Waals surface area contributed by atoms with Gasteiger partial charge < -0.3 is 14.9 Å². The fourth-order valence-electron chi connectivity index (χ4n) is 1.15. The van der Waals surface area contributed by atoms with Crippen LogP contribution in [0.15, 0.2) is 34.8 Å². The Morgan fingerprint density at radius 3 is 2.71 bits per heavy atom. The SMILES string of the molecule is C=C(C)COc1ccc(C(O)C(=O)O)cc1Br. The van der Waals surface area contributed by atoms with Gasteiger partial charge in [-0.1, -0.05) is 12.6 Å². The Kier molecular flexibility index (Phi) is 4.72. The average Bonchev–Trinajstić information content (AvgIpc) is 2.26. The van der Waals surface area contributed by atoms with Gasteiger partial charge in [0.25, 0.3) is 0 Å². The van der Waals surface area contributed by atoms with Gasteiger partial charge in [-0.05, 0) is 46.1 Å². The van der Waals surface area contributed by atoms with Gasteiger partial charge in [-0.25, -0.2) is 4.79 Å². The summed E-state index contributed by atoms with van der Waals surface area (Å²) in [5.41, 5.74) is 1.18. The highest BCUT2D eigenvalue weighted by Crippen LogP contribution is 2.28. The first-order valence-corrected chi connectivity index (χ1v) is 5.68. The van der Waals surface area contributed by atoms with Gasteiger partial charge in [0.05, 0.1) is 4.47 Å². The molecule has 0 bridgehead atoms.